The molecule has 0 spiro atoms. The monoisotopic (exact) mass is 387 g/mol. The molecule has 0 bridgehead atoms. The average Bonchev–Trinajstić information content (AvgIpc) is 3.10. The summed E-state index contributed by atoms with van der Waals surface area (Å²) in [4.78, 5) is 29.1. The maximum absolute atomic E-state index is 12.5. The van der Waals surface area contributed by atoms with Crippen molar-refractivity contribution in [3.63, 3.8) is 0 Å². The van der Waals surface area contributed by atoms with Gasteiger partial charge in [0.05, 0.1) is 11.3 Å². The van der Waals surface area contributed by atoms with Gasteiger partial charge in [-0.1, -0.05) is 36.0 Å². The van der Waals surface area contributed by atoms with Gasteiger partial charge in [0, 0.05) is 13.1 Å². The van der Waals surface area contributed by atoms with Crippen molar-refractivity contribution in [3.8, 4) is 0 Å². The van der Waals surface area contributed by atoms with Crippen molar-refractivity contribution >= 4 is 39.2 Å². The van der Waals surface area contributed by atoms with E-state index in [1.54, 1.807) is 4.57 Å². The first kappa shape index (κ1) is 18.7. The van der Waals surface area contributed by atoms with Crippen LogP contribution in [0, 0.1) is 6.92 Å². The predicted octanol–water partition coefficient (Wildman–Crippen LogP) is 3.24. The number of fused-ring (bicyclic) bond motifs is 1. The Hall–Kier alpha value is -2.12. The molecule has 2 aromatic heterocycles. The second-order valence-corrected chi connectivity index (χ2v) is 7.75. The van der Waals surface area contributed by atoms with Gasteiger partial charge >= 0.3 is 0 Å². The molecule has 2 heterocycles. The van der Waals surface area contributed by atoms with Crippen LogP contribution < -0.4 is 10.9 Å². The van der Waals surface area contributed by atoms with Crippen LogP contribution in [0.4, 0.5) is 0 Å². The topological polar surface area (TPSA) is 64.0 Å². The van der Waals surface area contributed by atoms with E-state index in [-0.39, 0.29) is 17.2 Å². The smallest absolute Gasteiger partial charge is 0.272 e. The zero-order valence-corrected chi connectivity index (χ0v) is 16.5. The molecule has 0 saturated heterocycles. The molecule has 0 aliphatic carbocycles. The first-order valence-electron chi connectivity index (χ1n) is 8.52. The van der Waals surface area contributed by atoms with Crippen LogP contribution in [0.25, 0.3) is 10.2 Å². The third kappa shape index (κ3) is 4.16. The van der Waals surface area contributed by atoms with Gasteiger partial charge in [0.2, 0.25) is 5.91 Å². The van der Waals surface area contributed by atoms with E-state index in [1.807, 2.05) is 30.5 Å². The van der Waals surface area contributed by atoms with E-state index >= 15 is 0 Å². The third-order valence-electron chi connectivity index (χ3n) is 4.16. The lowest BCUT2D eigenvalue weighted by molar-refractivity contribution is -0.118. The van der Waals surface area contributed by atoms with Gasteiger partial charge in [-0.15, -0.1) is 11.3 Å². The van der Waals surface area contributed by atoms with Gasteiger partial charge in [-0.05, 0) is 42.8 Å². The molecule has 0 saturated carbocycles. The molecule has 0 aliphatic rings. The summed E-state index contributed by atoms with van der Waals surface area (Å²) >= 11 is 2.71. The van der Waals surface area contributed by atoms with E-state index in [2.05, 4.69) is 29.4 Å². The van der Waals surface area contributed by atoms with Crippen LogP contribution in [0.15, 0.2) is 45.7 Å². The molecule has 1 N–H and O–H groups in total. The van der Waals surface area contributed by atoms with E-state index in [0.717, 1.165) is 6.42 Å². The van der Waals surface area contributed by atoms with E-state index in [1.165, 1.54) is 34.2 Å². The van der Waals surface area contributed by atoms with Crippen molar-refractivity contribution in [1.29, 1.82) is 0 Å². The number of thioether (sulfide) groups is 1. The molecule has 5 nitrogen and oxygen atoms in total. The Kier molecular flexibility index (Phi) is 6.11. The summed E-state index contributed by atoms with van der Waals surface area (Å²) in [7, 11) is 0. The third-order valence-corrected chi connectivity index (χ3v) is 6.03. The number of thiophene rings is 1. The summed E-state index contributed by atoms with van der Waals surface area (Å²) in [5.74, 6) is 0.196. The zero-order chi connectivity index (χ0) is 18.5. The van der Waals surface area contributed by atoms with Crippen LogP contribution in [0.2, 0.25) is 0 Å². The van der Waals surface area contributed by atoms with Gasteiger partial charge in [0.1, 0.15) is 4.70 Å². The molecular weight excluding hydrogens is 366 g/mol. The number of aryl methyl sites for hydroxylation is 1. The molecule has 0 radical (unpaired) electrons. The quantitative estimate of drug-likeness (QED) is 0.499. The summed E-state index contributed by atoms with van der Waals surface area (Å²) in [5, 5.41) is 5.40. The molecule has 0 atom stereocenters. The fourth-order valence-corrected chi connectivity index (χ4v) is 4.39. The number of carbonyl (C=O) groups is 1. The van der Waals surface area contributed by atoms with Crippen molar-refractivity contribution in [3.05, 3.63) is 57.2 Å². The number of hydrogen-bond acceptors (Lipinski definition) is 5. The van der Waals surface area contributed by atoms with Crippen LogP contribution >= 0.6 is 23.1 Å². The summed E-state index contributed by atoms with van der Waals surface area (Å²) in [6.45, 7) is 5.12. The number of nitrogens with zero attached hydrogens (tertiary/aromatic N) is 2. The maximum atomic E-state index is 12.5. The molecule has 7 heteroatoms. The minimum Gasteiger partial charge on any atom is -0.355 e. The Morgan fingerprint density at radius 3 is 2.88 bits per heavy atom. The lowest BCUT2D eigenvalue weighted by Gasteiger charge is -2.10. The maximum Gasteiger partial charge on any atom is 0.272 e. The largest absolute Gasteiger partial charge is 0.355 e. The molecule has 136 valence electrons. The summed E-state index contributed by atoms with van der Waals surface area (Å²) in [5.41, 5.74) is 3.14. The Labute approximate surface area is 160 Å². The standard InChI is InChI=1S/C19H21N3O2S2/c1-3-22-18(24)17-15(9-11-25-17)21-19(22)26-12-16(23)20-10-8-14-7-5-4-6-13(14)2/h4-7,9,11H,3,8,10,12H2,1-2H3,(H,20,23). The average molecular weight is 388 g/mol. The van der Waals surface area contributed by atoms with Crippen LogP contribution in [-0.4, -0.2) is 27.8 Å². The zero-order valence-electron chi connectivity index (χ0n) is 14.8. The Bertz CT molecular complexity index is 978. The molecule has 0 aliphatic heterocycles. The molecule has 1 aromatic carbocycles. The highest BCUT2D eigenvalue weighted by Crippen LogP contribution is 2.20. The van der Waals surface area contributed by atoms with Crippen molar-refractivity contribution < 1.29 is 4.79 Å². The second kappa shape index (κ2) is 8.51. The van der Waals surface area contributed by atoms with Gasteiger partial charge in [0.25, 0.3) is 5.56 Å². The van der Waals surface area contributed by atoms with Crippen LogP contribution in [0.3, 0.4) is 0 Å². The van der Waals surface area contributed by atoms with Crippen LogP contribution in [-0.2, 0) is 17.8 Å². The fourth-order valence-electron chi connectivity index (χ4n) is 2.72. The molecule has 0 fully saturated rings. The number of benzene rings is 1. The first-order chi connectivity index (χ1) is 12.6. The van der Waals surface area contributed by atoms with E-state index in [4.69, 9.17) is 0 Å². The van der Waals surface area contributed by atoms with Crippen LogP contribution in [0.5, 0.6) is 0 Å². The van der Waals surface area contributed by atoms with Gasteiger partial charge in [-0.3, -0.25) is 14.2 Å². The van der Waals surface area contributed by atoms with Gasteiger partial charge in [0.15, 0.2) is 5.16 Å². The molecule has 1 amide bonds. The highest BCUT2D eigenvalue weighted by atomic mass is 32.2. The number of carbonyl (C=O) groups excluding carboxylic acids is 1. The Balaban J connectivity index is 1.58. The molecule has 26 heavy (non-hydrogen) atoms. The number of hydrogen-bond donors (Lipinski definition) is 1. The number of amides is 1. The SMILES string of the molecule is CCn1c(SCC(=O)NCCc2ccccc2C)nc2ccsc2c1=O. The number of rotatable bonds is 7. The van der Waals surface area contributed by atoms with Crippen molar-refractivity contribution in [2.75, 3.05) is 12.3 Å². The highest BCUT2D eigenvalue weighted by Gasteiger charge is 2.13. The molecule has 3 aromatic rings. The first-order valence-corrected chi connectivity index (χ1v) is 10.4. The predicted molar refractivity (Wildman–Crippen MR) is 108 cm³/mol. The minimum absolute atomic E-state index is 0.0324. The van der Waals surface area contributed by atoms with Crippen molar-refractivity contribution in [2.24, 2.45) is 0 Å². The fraction of sp³-hybridized carbons (Fsp3) is 0.316. The highest BCUT2D eigenvalue weighted by molar-refractivity contribution is 7.99. The van der Waals surface area contributed by atoms with Crippen LogP contribution in [0.1, 0.15) is 18.1 Å². The summed E-state index contributed by atoms with van der Waals surface area (Å²) < 4.78 is 2.29. The van der Waals surface area contributed by atoms with E-state index < -0.39 is 0 Å². The van der Waals surface area contributed by atoms with Crippen molar-refractivity contribution in [1.82, 2.24) is 14.9 Å². The van der Waals surface area contributed by atoms with E-state index in [0.29, 0.717) is 28.5 Å². The Morgan fingerprint density at radius 2 is 2.12 bits per heavy atom. The lowest BCUT2D eigenvalue weighted by Crippen LogP contribution is -2.28. The number of nitrogens with one attached hydrogen (secondary N) is 1. The summed E-state index contributed by atoms with van der Waals surface area (Å²) in [6, 6.07) is 10.0. The second-order valence-electron chi connectivity index (χ2n) is 5.89. The van der Waals surface area contributed by atoms with Gasteiger partial charge in [-0.2, -0.15) is 0 Å². The van der Waals surface area contributed by atoms with Gasteiger partial charge < -0.3 is 5.32 Å². The normalized spacial score (nSPS) is 11.0. The Morgan fingerprint density at radius 1 is 1.31 bits per heavy atom. The number of aromatic nitrogens is 2. The van der Waals surface area contributed by atoms with Crippen molar-refractivity contribution in [2.45, 2.75) is 32.0 Å². The van der Waals surface area contributed by atoms with E-state index in [9.17, 15) is 9.59 Å². The molecular formula is C19H21N3O2S2. The lowest BCUT2D eigenvalue weighted by atomic mass is 10.1. The minimum atomic E-state index is -0.0501. The molecule has 3 rings (SSSR count). The van der Waals surface area contributed by atoms with Gasteiger partial charge in [-0.25, -0.2) is 4.98 Å². The summed E-state index contributed by atoms with van der Waals surface area (Å²) in [6.07, 6.45) is 0.807. The molecule has 0 unspecified atom stereocenters.